The largest absolute Gasteiger partial charge is 0.493 e. The summed E-state index contributed by atoms with van der Waals surface area (Å²) in [5, 5.41) is 9.23. The lowest BCUT2D eigenvalue weighted by Gasteiger charge is -2.13. The Morgan fingerprint density at radius 2 is 1.77 bits per heavy atom. The Morgan fingerprint density at radius 3 is 2.52 bits per heavy atom. The van der Waals surface area contributed by atoms with Crippen LogP contribution in [0.1, 0.15) is 30.9 Å². The maximum Gasteiger partial charge on any atom is 0.239 e. The molecule has 1 fully saturated rings. The van der Waals surface area contributed by atoms with Crippen molar-refractivity contribution in [2.45, 2.75) is 32.7 Å². The van der Waals surface area contributed by atoms with Crippen LogP contribution in [-0.4, -0.2) is 38.1 Å². The van der Waals surface area contributed by atoms with Gasteiger partial charge in [0.25, 0.3) is 0 Å². The fraction of sp³-hybridized carbons (Fsp3) is 0.417. The molecule has 0 heterocycles. The van der Waals surface area contributed by atoms with Gasteiger partial charge in [0.05, 0.1) is 19.7 Å². The molecular weight excluding hydrogens is 503 g/mol. The molecule has 7 heteroatoms. The molecule has 0 radical (unpaired) electrons. The highest BCUT2D eigenvalue weighted by atomic mass is 127. The number of hydrogen-bond donors (Lipinski definition) is 3. The Labute approximate surface area is 202 Å². The van der Waals surface area contributed by atoms with Gasteiger partial charge in [0.15, 0.2) is 5.96 Å². The minimum absolute atomic E-state index is 0. The van der Waals surface area contributed by atoms with E-state index in [2.05, 4.69) is 33.1 Å². The van der Waals surface area contributed by atoms with E-state index in [1.54, 1.807) is 0 Å². The highest BCUT2D eigenvalue weighted by Crippen LogP contribution is 2.30. The predicted molar refractivity (Wildman–Crippen MR) is 136 cm³/mol. The lowest BCUT2D eigenvalue weighted by molar-refractivity contribution is -0.119. The van der Waals surface area contributed by atoms with E-state index in [0.717, 1.165) is 30.9 Å². The highest BCUT2D eigenvalue weighted by Gasteiger charge is 2.22. The van der Waals surface area contributed by atoms with E-state index in [1.165, 1.54) is 18.4 Å². The number of ether oxygens (including phenoxy) is 1. The molecule has 1 amide bonds. The minimum Gasteiger partial charge on any atom is -0.493 e. The van der Waals surface area contributed by atoms with Gasteiger partial charge >= 0.3 is 0 Å². The van der Waals surface area contributed by atoms with Crippen molar-refractivity contribution in [2.75, 3.05) is 26.2 Å². The van der Waals surface area contributed by atoms with Gasteiger partial charge in [-0.25, -0.2) is 4.99 Å². The molecule has 0 saturated heterocycles. The van der Waals surface area contributed by atoms with Crippen LogP contribution in [0.5, 0.6) is 5.75 Å². The van der Waals surface area contributed by atoms with E-state index in [1.807, 2.05) is 49.4 Å². The highest BCUT2D eigenvalue weighted by molar-refractivity contribution is 14.0. The van der Waals surface area contributed by atoms with E-state index >= 15 is 0 Å². The molecule has 1 aliphatic carbocycles. The van der Waals surface area contributed by atoms with Gasteiger partial charge in [0.1, 0.15) is 5.75 Å². The quantitative estimate of drug-likeness (QED) is 0.234. The molecule has 2 aromatic rings. The van der Waals surface area contributed by atoms with Crippen LogP contribution in [0.4, 0.5) is 0 Å². The number of carbonyl (C=O) groups is 1. The second-order valence-electron chi connectivity index (χ2n) is 7.50. The summed E-state index contributed by atoms with van der Waals surface area (Å²) in [5.74, 6) is 2.17. The topological polar surface area (TPSA) is 74.8 Å². The Bertz CT molecular complexity index is 825. The van der Waals surface area contributed by atoms with Crippen LogP contribution in [0.25, 0.3) is 0 Å². The number of amides is 1. The fourth-order valence-corrected chi connectivity index (χ4v) is 2.99. The summed E-state index contributed by atoms with van der Waals surface area (Å²) in [6.07, 6.45) is 3.35. The van der Waals surface area contributed by atoms with Crippen LogP contribution < -0.4 is 20.7 Å². The van der Waals surface area contributed by atoms with Crippen LogP contribution in [-0.2, 0) is 17.8 Å². The molecule has 1 aliphatic rings. The maximum absolute atomic E-state index is 12.1. The maximum atomic E-state index is 12.1. The molecule has 0 unspecified atom stereocenters. The zero-order chi connectivity index (χ0) is 21.0. The van der Waals surface area contributed by atoms with Gasteiger partial charge in [0.2, 0.25) is 5.91 Å². The Kier molecular flexibility index (Phi) is 11.2. The molecule has 3 N–H and O–H groups in total. The second kappa shape index (κ2) is 13.9. The zero-order valence-corrected chi connectivity index (χ0v) is 20.4. The Morgan fingerprint density at radius 1 is 1.03 bits per heavy atom. The summed E-state index contributed by atoms with van der Waals surface area (Å²) in [4.78, 5) is 16.8. The Hall–Kier alpha value is -2.29. The van der Waals surface area contributed by atoms with Gasteiger partial charge in [0, 0.05) is 18.7 Å². The number of hydrogen-bond acceptors (Lipinski definition) is 3. The molecular formula is C24H33IN4O2. The normalized spacial score (nSPS) is 13.1. The molecule has 0 aliphatic heterocycles. The van der Waals surface area contributed by atoms with Gasteiger partial charge < -0.3 is 20.7 Å². The van der Waals surface area contributed by atoms with Crippen LogP contribution >= 0.6 is 24.0 Å². The molecule has 168 valence electrons. The molecule has 1 saturated carbocycles. The van der Waals surface area contributed by atoms with Crippen molar-refractivity contribution in [3.63, 3.8) is 0 Å². The first-order chi connectivity index (χ1) is 14.7. The van der Waals surface area contributed by atoms with Crippen molar-refractivity contribution in [1.82, 2.24) is 16.0 Å². The number of rotatable bonds is 11. The van der Waals surface area contributed by atoms with E-state index in [0.29, 0.717) is 25.0 Å². The van der Waals surface area contributed by atoms with Gasteiger partial charge in [-0.3, -0.25) is 4.79 Å². The van der Waals surface area contributed by atoms with Crippen molar-refractivity contribution in [3.8, 4) is 5.75 Å². The Balaban J connectivity index is 0.00000341. The van der Waals surface area contributed by atoms with Crippen LogP contribution in [0.3, 0.4) is 0 Å². The van der Waals surface area contributed by atoms with E-state index < -0.39 is 0 Å². The van der Waals surface area contributed by atoms with Crippen molar-refractivity contribution >= 4 is 35.8 Å². The van der Waals surface area contributed by atoms with Crippen LogP contribution in [0.2, 0.25) is 0 Å². The van der Waals surface area contributed by atoms with Gasteiger partial charge in [-0.15, -0.1) is 24.0 Å². The number of halogens is 1. The molecule has 0 atom stereocenters. The monoisotopic (exact) mass is 536 g/mol. The summed E-state index contributed by atoms with van der Waals surface area (Å²) < 4.78 is 5.96. The molecule has 0 spiro atoms. The second-order valence-corrected chi connectivity index (χ2v) is 7.50. The summed E-state index contributed by atoms with van der Waals surface area (Å²) in [6.45, 7) is 4.80. The first-order valence-corrected chi connectivity index (χ1v) is 10.8. The molecule has 3 rings (SSSR count). The molecule has 0 aromatic heterocycles. The van der Waals surface area contributed by atoms with Crippen molar-refractivity contribution < 1.29 is 9.53 Å². The summed E-state index contributed by atoms with van der Waals surface area (Å²) >= 11 is 0. The lowest BCUT2D eigenvalue weighted by Crippen LogP contribution is -2.43. The first-order valence-electron chi connectivity index (χ1n) is 10.8. The number of nitrogens with one attached hydrogen (secondary N) is 3. The van der Waals surface area contributed by atoms with Gasteiger partial charge in [-0.1, -0.05) is 48.5 Å². The number of aliphatic imine (C=N–C) groups is 1. The third-order valence-electron chi connectivity index (χ3n) is 4.89. The number of guanidine groups is 1. The van der Waals surface area contributed by atoms with Crippen molar-refractivity contribution in [3.05, 3.63) is 65.7 Å². The number of para-hydroxylation sites is 1. The van der Waals surface area contributed by atoms with E-state index in [4.69, 9.17) is 4.74 Å². The van der Waals surface area contributed by atoms with Gasteiger partial charge in [-0.2, -0.15) is 0 Å². The number of nitrogens with zero attached hydrogens (tertiary/aromatic N) is 1. The van der Waals surface area contributed by atoms with Crippen LogP contribution in [0.15, 0.2) is 59.6 Å². The average Bonchev–Trinajstić information content (AvgIpc) is 3.60. The predicted octanol–water partition coefficient (Wildman–Crippen LogP) is 3.51. The number of carbonyl (C=O) groups excluding carboxylic acids is 1. The van der Waals surface area contributed by atoms with E-state index in [9.17, 15) is 4.79 Å². The zero-order valence-electron chi connectivity index (χ0n) is 18.1. The molecule has 0 bridgehead atoms. The molecule has 31 heavy (non-hydrogen) atoms. The summed E-state index contributed by atoms with van der Waals surface area (Å²) in [6, 6.07) is 18.1. The van der Waals surface area contributed by atoms with E-state index in [-0.39, 0.29) is 36.4 Å². The average molecular weight is 536 g/mol. The summed E-state index contributed by atoms with van der Waals surface area (Å²) in [5.41, 5.74) is 2.26. The fourth-order valence-electron chi connectivity index (χ4n) is 2.99. The lowest BCUT2D eigenvalue weighted by atomic mass is 10.1. The number of benzene rings is 2. The first kappa shape index (κ1) is 25.0. The molecule has 2 aromatic carbocycles. The van der Waals surface area contributed by atoms with Gasteiger partial charge in [-0.05, 0) is 43.7 Å². The SMILES string of the molecule is CCNC(=NCc1ccccc1OCC1CC1)NCC(=O)NCCc1ccccc1.I. The summed E-state index contributed by atoms with van der Waals surface area (Å²) in [7, 11) is 0. The standard InChI is InChI=1S/C24H32N4O2.HI/c1-2-25-24(28-17-23(29)26-15-14-19-8-4-3-5-9-19)27-16-21-10-6-7-11-22(21)30-18-20-12-13-20;/h3-11,20H,2,12-18H2,1H3,(H,26,29)(H2,25,27,28);1H. The van der Waals surface area contributed by atoms with Crippen LogP contribution in [0, 0.1) is 5.92 Å². The van der Waals surface area contributed by atoms with Crippen molar-refractivity contribution in [1.29, 1.82) is 0 Å². The molecule has 6 nitrogen and oxygen atoms in total. The third-order valence-corrected chi connectivity index (χ3v) is 4.89. The smallest absolute Gasteiger partial charge is 0.239 e. The van der Waals surface area contributed by atoms with Crippen molar-refractivity contribution in [2.24, 2.45) is 10.9 Å². The minimum atomic E-state index is -0.0512. The third kappa shape index (κ3) is 9.59.